The molecule has 26 heavy (non-hydrogen) atoms. The molecule has 1 fully saturated rings. The first kappa shape index (κ1) is 20.8. The molecule has 2 aromatic carbocycles. The number of halogens is 1. The number of carbonyl (C=O) groups excluding carboxylic acids is 1. The maximum absolute atomic E-state index is 12.7. The van der Waals surface area contributed by atoms with Crippen LogP contribution < -0.4 is 5.73 Å². The van der Waals surface area contributed by atoms with Crippen LogP contribution >= 0.6 is 24.2 Å². The van der Waals surface area contributed by atoms with Gasteiger partial charge in [0.15, 0.2) is 0 Å². The van der Waals surface area contributed by atoms with Crippen molar-refractivity contribution in [3.63, 3.8) is 0 Å². The summed E-state index contributed by atoms with van der Waals surface area (Å²) in [5.74, 6) is 1.00. The van der Waals surface area contributed by atoms with E-state index in [1.54, 1.807) is 0 Å². The third-order valence-electron chi connectivity index (χ3n) is 4.74. The van der Waals surface area contributed by atoms with E-state index >= 15 is 0 Å². The number of benzene rings is 2. The number of likely N-dealkylation sites (tertiary alicyclic amines) is 1. The van der Waals surface area contributed by atoms with Gasteiger partial charge in [0.05, 0.1) is 0 Å². The van der Waals surface area contributed by atoms with Crippen molar-refractivity contribution in [3.8, 4) is 0 Å². The predicted octanol–water partition coefficient (Wildman–Crippen LogP) is 4.58. The molecule has 0 atom stereocenters. The Morgan fingerprint density at radius 2 is 1.88 bits per heavy atom. The third-order valence-corrected chi connectivity index (χ3v) is 5.97. The number of rotatable bonds is 4. The maximum Gasteiger partial charge on any atom is 0.253 e. The Balaban J connectivity index is 0.00000243. The van der Waals surface area contributed by atoms with Gasteiger partial charge in [0, 0.05) is 35.3 Å². The monoisotopic (exact) mass is 390 g/mol. The molecule has 0 radical (unpaired) electrons. The number of hydrogen-bond acceptors (Lipinski definition) is 3. The molecule has 1 heterocycles. The molecule has 5 heteroatoms. The van der Waals surface area contributed by atoms with Gasteiger partial charge in [-0.05, 0) is 56.0 Å². The van der Waals surface area contributed by atoms with E-state index in [-0.39, 0.29) is 24.4 Å². The van der Waals surface area contributed by atoms with Crippen LogP contribution in [0.4, 0.5) is 0 Å². The topological polar surface area (TPSA) is 46.3 Å². The van der Waals surface area contributed by atoms with Gasteiger partial charge in [-0.25, -0.2) is 0 Å². The minimum Gasteiger partial charge on any atom is -0.339 e. The Kier molecular flexibility index (Phi) is 7.56. The fourth-order valence-corrected chi connectivity index (χ4v) is 4.17. The van der Waals surface area contributed by atoms with Crippen LogP contribution in [0.1, 0.15) is 39.9 Å². The second-order valence-corrected chi connectivity index (χ2v) is 7.90. The van der Waals surface area contributed by atoms with Crippen LogP contribution in [0, 0.1) is 13.8 Å². The molecule has 0 saturated carbocycles. The summed E-state index contributed by atoms with van der Waals surface area (Å²) in [4.78, 5) is 15.9. The van der Waals surface area contributed by atoms with Gasteiger partial charge in [0.2, 0.25) is 0 Å². The number of carbonyl (C=O) groups is 1. The van der Waals surface area contributed by atoms with Crippen LogP contribution in [0.2, 0.25) is 0 Å². The van der Waals surface area contributed by atoms with Crippen LogP contribution in [0.15, 0.2) is 47.4 Å². The first-order valence-corrected chi connectivity index (χ1v) is 9.85. The Morgan fingerprint density at radius 1 is 1.15 bits per heavy atom. The van der Waals surface area contributed by atoms with Crippen LogP contribution in [0.5, 0.6) is 0 Å². The van der Waals surface area contributed by atoms with Crippen LogP contribution in [-0.2, 0) is 5.75 Å². The van der Waals surface area contributed by atoms with Gasteiger partial charge < -0.3 is 10.6 Å². The molecule has 1 amide bonds. The molecule has 140 valence electrons. The lowest BCUT2D eigenvalue weighted by Gasteiger charge is -2.30. The predicted molar refractivity (Wildman–Crippen MR) is 112 cm³/mol. The summed E-state index contributed by atoms with van der Waals surface area (Å²) in [7, 11) is 0. The minimum atomic E-state index is 0. The molecule has 0 unspecified atom stereocenters. The van der Waals surface area contributed by atoms with E-state index in [1.165, 1.54) is 21.6 Å². The van der Waals surface area contributed by atoms with Crippen molar-refractivity contribution in [1.29, 1.82) is 0 Å². The smallest absolute Gasteiger partial charge is 0.253 e. The molecule has 1 aliphatic rings. The molecule has 2 aromatic rings. The lowest BCUT2D eigenvalue weighted by Crippen LogP contribution is -2.42. The molecule has 0 aromatic heterocycles. The Hall–Kier alpha value is -1.49. The summed E-state index contributed by atoms with van der Waals surface area (Å²) in [5, 5.41) is 0. The molecule has 0 aliphatic carbocycles. The molecule has 1 aliphatic heterocycles. The van der Waals surface area contributed by atoms with E-state index in [9.17, 15) is 4.79 Å². The van der Waals surface area contributed by atoms with Gasteiger partial charge in [-0.3, -0.25) is 4.79 Å². The zero-order valence-corrected chi connectivity index (χ0v) is 17.0. The van der Waals surface area contributed by atoms with E-state index in [1.807, 2.05) is 34.9 Å². The summed E-state index contributed by atoms with van der Waals surface area (Å²) in [5.41, 5.74) is 10.5. The zero-order chi connectivity index (χ0) is 17.8. The van der Waals surface area contributed by atoms with Crippen molar-refractivity contribution in [3.05, 3.63) is 64.7 Å². The SMILES string of the molecule is Cc1ccc(C)c(SCc2cccc(C(=O)N3CCC(N)CC3)c2)c1.Cl. The van der Waals surface area contributed by atoms with Gasteiger partial charge >= 0.3 is 0 Å². The molecule has 0 bridgehead atoms. The Bertz CT molecular complexity index is 757. The largest absolute Gasteiger partial charge is 0.339 e. The summed E-state index contributed by atoms with van der Waals surface area (Å²) < 4.78 is 0. The number of amides is 1. The average Bonchev–Trinajstić information content (AvgIpc) is 2.63. The number of piperidine rings is 1. The highest BCUT2D eigenvalue weighted by Crippen LogP contribution is 2.27. The van der Waals surface area contributed by atoms with Crippen molar-refractivity contribution < 1.29 is 4.79 Å². The highest BCUT2D eigenvalue weighted by Gasteiger charge is 2.21. The highest BCUT2D eigenvalue weighted by molar-refractivity contribution is 7.98. The maximum atomic E-state index is 12.7. The fraction of sp³-hybridized carbons (Fsp3) is 0.381. The van der Waals surface area contributed by atoms with Crippen LogP contribution in [0.3, 0.4) is 0 Å². The van der Waals surface area contributed by atoms with Crippen LogP contribution in [0.25, 0.3) is 0 Å². The van der Waals surface area contributed by atoms with Gasteiger partial charge in [-0.15, -0.1) is 24.2 Å². The molecular formula is C21H27ClN2OS. The van der Waals surface area contributed by atoms with E-state index in [0.717, 1.165) is 37.2 Å². The lowest BCUT2D eigenvalue weighted by molar-refractivity contribution is 0.0714. The average molecular weight is 391 g/mol. The Labute approximate surface area is 166 Å². The summed E-state index contributed by atoms with van der Waals surface area (Å²) in [6, 6.07) is 14.8. The molecule has 3 nitrogen and oxygen atoms in total. The summed E-state index contributed by atoms with van der Waals surface area (Å²) >= 11 is 1.83. The second kappa shape index (κ2) is 9.45. The standard InChI is InChI=1S/C21H26N2OS.ClH/c1-15-6-7-16(2)20(12-15)25-14-17-4-3-5-18(13-17)21(24)23-10-8-19(22)9-11-23;/h3-7,12-13,19H,8-11,14,22H2,1-2H3;1H. The minimum absolute atomic E-state index is 0. The van der Waals surface area contributed by atoms with Gasteiger partial charge in [-0.1, -0.05) is 29.8 Å². The van der Waals surface area contributed by atoms with E-state index < -0.39 is 0 Å². The summed E-state index contributed by atoms with van der Waals surface area (Å²) in [6.07, 6.45) is 1.79. The van der Waals surface area contributed by atoms with Crippen molar-refractivity contribution in [2.45, 2.75) is 43.4 Å². The van der Waals surface area contributed by atoms with Gasteiger partial charge in [0.25, 0.3) is 5.91 Å². The lowest BCUT2D eigenvalue weighted by atomic mass is 10.0. The van der Waals surface area contributed by atoms with Crippen molar-refractivity contribution in [1.82, 2.24) is 4.90 Å². The molecule has 1 saturated heterocycles. The van der Waals surface area contributed by atoms with Crippen molar-refractivity contribution in [2.24, 2.45) is 5.73 Å². The first-order chi connectivity index (χ1) is 12.0. The van der Waals surface area contributed by atoms with Crippen molar-refractivity contribution >= 4 is 30.1 Å². The van der Waals surface area contributed by atoms with Gasteiger partial charge in [0.1, 0.15) is 0 Å². The number of nitrogens with two attached hydrogens (primary N) is 1. The number of nitrogens with zero attached hydrogens (tertiary/aromatic N) is 1. The third kappa shape index (κ3) is 5.26. The van der Waals surface area contributed by atoms with Crippen LogP contribution in [-0.4, -0.2) is 29.9 Å². The number of hydrogen-bond donors (Lipinski definition) is 1. The number of thioether (sulfide) groups is 1. The highest BCUT2D eigenvalue weighted by atomic mass is 35.5. The molecular weight excluding hydrogens is 364 g/mol. The van der Waals surface area contributed by atoms with E-state index in [2.05, 4.69) is 38.1 Å². The fourth-order valence-electron chi connectivity index (χ4n) is 3.10. The Morgan fingerprint density at radius 3 is 2.62 bits per heavy atom. The first-order valence-electron chi connectivity index (χ1n) is 8.87. The summed E-state index contributed by atoms with van der Waals surface area (Å²) in [6.45, 7) is 5.79. The normalized spacial score (nSPS) is 14.8. The molecule has 0 spiro atoms. The van der Waals surface area contributed by atoms with E-state index in [0.29, 0.717) is 0 Å². The second-order valence-electron chi connectivity index (χ2n) is 6.89. The zero-order valence-electron chi connectivity index (χ0n) is 15.4. The molecule has 2 N–H and O–H groups in total. The molecule has 3 rings (SSSR count). The van der Waals surface area contributed by atoms with E-state index in [4.69, 9.17) is 5.73 Å². The van der Waals surface area contributed by atoms with Crippen molar-refractivity contribution in [2.75, 3.05) is 13.1 Å². The number of aryl methyl sites for hydroxylation is 2. The van der Waals surface area contributed by atoms with Gasteiger partial charge in [-0.2, -0.15) is 0 Å². The quantitative estimate of drug-likeness (QED) is 0.777.